The third-order valence-electron chi connectivity index (χ3n) is 5.40. The summed E-state index contributed by atoms with van der Waals surface area (Å²) in [5.41, 5.74) is 4.97. The van der Waals surface area contributed by atoms with Crippen molar-refractivity contribution in [2.45, 2.75) is 19.9 Å². The minimum absolute atomic E-state index is 0.0375. The summed E-state index contributed by atoms with van der Waals surface area (Å²) in [6.07, 6.45) is 3.96. The maximum atomic E-state index is 13.0. The van der Waals surface area contributed by atoms with Crippen LogP contribution in [0.25, 0.3) is 11.0 Å². The van der Waals surface area contributed by atoms with Crippen LogP contribution in [-0.4, -0.2) is 56.9 Å². The van der Waals surface area contributed by atoms with Gasteiger partial charge in [0.15, 0.2) is 0 Å². The van der Waals surface area contributed by atoms with Crippen LogP contribution in [0.5, 0.6) is 0 Å². The number of imidazole rings is 1. The maximum absolute atomic E-state index is 13.0. The molecule has 0 radical (unpaired) electrons. The predicted molar refractivity (Wildman–Crippen MR) is 111 cm³/mol. The van der Waals surface area contributed by atoms with Crippen LogP contribution in [0.15, 0.2) is 30.6 Å². The summed E-state index contributed by atoms with van der Waals surface area (Å²) in [4.78, 5) is 37.3. The Kier molecular flexibility index (Phi) is 4.70. The molecule has 150 valence electrons. The van der Waals surface area contributed by atoms with Crippen LogP contribution in [0.3, 0.4) is 0 Å². The van der Waals surface area contributed by atoms with E-state index in [0.29, 0.717) is 30.8 Å². The van der Waals surface area contributed by atoms with Crippen molar-refractivity contribution in [1.29, 1.82) is 0 Å². The van der Waals surface area contributed by atoms with Gasteiger partial charge in [0.2, 0.25) is 0 Å². The summed E-state index contributed by atoms with van der Waals surface area (Å²) in [6.45, 7) is 2.98. The summed E-state index contributed by atoms with van der Waals surface area (Å²) in [5, 5.41) is 2.96. The molecule has 3 amide bonds. The Morgan fingerprint density at radius 2 is 2.00 bits per heavy atom. The fraction of sp³-hybridized carbons (Fsp3) is 0.333. The number of fused-ring (bicyclic) bond motifs is 2. The first-order valence-electron chi connectivity index (χ1n) is 9.51. The molecule has 8 nitrogen and oxygen atoms in total. The van der Waals surface area contributed by atoms with Crippen LogP contribution < -0.4 is 5.32 Å². The molecule has 0 atom stereocenters. The van der Waals surface area contributed by atoms with Gasteiger partial charge in [-0.05, 0) is 42.7 Å². The van der Waals surface area contributed by atoms with Crippen LogP contribution in [0.2, 0.25) is 0 Å². The van der Waals surface area contributed by atoms with Gasteiger partial charge in [0.1, 0.15) is 5.82 Å². The monoisotopic (exact) mass is 392 g/mol. The van der Waals surface area contributed by atoms with E-state index < -0.39 is 0 Å². The maximum Gasteiger partial charge on any atom is 0.319 e. The SMILES string of the molecule is Cc1nc2cc(NC(=O)c3cncc4c3CCN(C(=O)N(C)C)C4)ccc2n1C. The zero-order valence-electron chi connectivity index (χ0n) is 17.1. The fourth-order valence-electron chi connectivity index (χ4n) is 3.73. The first-order chi connectivity index (χ1) is 13.8. The number of pyridine rings is 1. The molecule has 4 rings (SSSR count). The zero-order valence-corrected chi connectivity index (χ0v) is 17.1. The molecule has 0 fully saturated rings. The van der Waals surface area contributed by atoms with Crippen molar-refractivity contribution in [3.63, 3.8) is 0 Å². The standard InChI is InChI=1S/C21H24N6O2/c1-13-23-18-9-15(5-6-19(18)26(13)4)24-20(28)17-11-22-10-14-12-27(8-7-16(14)17)21(29)25(2)3/h5-6,9-11H,7-8,12H2,1-4H3,(H,24,28). The summed E-state index contributed by atoms with van der Waals surface area (Å²) < 4.78 is 2.01. The van der Waals surface area contributed by atoms with Gasteiger partial charge in [-0.25, -0.2) is 9.78 Å². The highest BCUT2D eigenvalue weighted by Crippen LogP contribution is 2.24. The number of benzene rings is 1. The smallest absolute Gasteiger partial charge is 0.319 e. The van der Waals surface area contributed by atoms with Crippen molar-refractivity contribution in [3.05, 3.63) is 53.1 Å². The fourth-order valence-corrected chi connectivity index (χ4v) is 3.73. The lowest BCUT2D eigenvalue weighted by molar-refractivity contribution is 0.102. The lowest BCUT2D eigenvalue weighted by Gasteiger charge is -2.31. The molecule has 1 N–H and O–H groups in total. The predicted octanol–water partition coefficient (Wildman–Crippen LogP) is 2.57. The van der Waals surface area contributed by atoms with Crippen LogP contribution in [-0.2, 0) is 20.0 Å². The number of carbonyl (C=O) groups excluding carboxylic acids is 2. The minimum atomic E-state index is -0.200. The third-order valence-corrected chi connectivity index (χ3v) is 5.40. The van der Waals surface area contributed by atoms with Gasteiger partial charge < -0.3 is 19.7 Å². The second-order valence-electron chi connectivity index (χ2n) is 7.55. The number of hydrogen-bond acceptors (Lipinski definition) is 4. The molecule has 0 aliphatic carbocycles. The van der Waals surface area contributed by atoms with Crippen LogP contribution in [0, 0.1) is 6.92 Å². The van der Waals surface area contributed by atoms with E-state index in [1.54, 1.807) is 36.3 Å². The van der Waals surface area contributed by atoms with Gasteiger partial charge in [-0.3, -0.25) is 9.78 Å². The number of amides is 3. The molecule has 3 aromatic rings. The number of rotatable bonds is 2. The van der Waals surface area contributed by atoms with E-state index in [-0.39, 0.29) is 11.9 Å². The van der Waals surface area contributed by atoms with Crippen molar-refractivity contribution >= 4 is 28.7 Å². The van der Waals surface area contributed by atoms with Gasteiger partial charge in [0.05, 0.1) is 16.6 Å². The van der Waals surface area contributed by atoms with E-state index in [9.17, 15) is 9.59 Å². The molecule has 0 unspecified atom stereocenters. The molecule has 1 aliphatic rings. The molecule has 0 spiro atoms. The topological polar surface area (TPSA) is 83.4 Å². The molecule has 2 aromatic heterocycles. The molecule has 0 saturated heterocycles. The first kappa shape index (κ1) is 18.9. The number of aromatic nitrogens is 3. The van der Waals surface area contributed by atoms with Gasteiger partial charge in [0.25, 0.3) is 5.91 Å². The second-order valence-corrected chi connectivity index (χ2v) is 7.55. The Balaban J connectivity index is 1.57. The summed E-state index contributed by atoms with van der Waals surface area (Å²) in [5.74, 6) is 0.718. The Hall–Kier alpha value is -3.42. The van der Waals surface area contributed by atoms with Crippen LogP contribution in [0.4, 0.5) is 10.5 Å². The van der Waals surface area contributed by atoms with Gasteiger partial charge >= 0.3 is 6.03 Å². The third kappa shape index (κ3) is 3.41. The average molecular weight is 392 g/mol. The number of nitrogens with one attached hydrogen (secondary N) is 1. The van der Waals surface area contributed by atoms with Crippen molar-refractivity contribution < 1.29 is 9.59 Å². The first-order valence-corrected chi connectivity index (χ1v) is 9.51. The van der Waals surface area contributed by atoms with Crippen molar-refractivity contribution in [2.24, 2.45) is 7.05 Å². The molecule has 29 heavy (non-hydrogen) atoms. The van der Waals surface area contributed by atoms with Gasteiger partial charge in [-0.1, -0.05) is 0 Å². The zero-order chi connectivity index (χ0) is 20.7. The summed E-state index contributed by atoms with van der Waals surface area (Å²) in [7, 11) is 5.44. The minimum Gasteiger partial charge on any atom is -0.331 e. The normalized spacial score (nSPS) is 13.3. The van der Waals surface area contributed by atoms with E-state index in [1.807, 2.05) is 36.7 Å². The molecule has 1 aliphatic heterocycles. The number of hydrogen-bond donors (Lipinski definition) is 1. The number of carbonyl (C=O) groups is 2. The highest BCUT2D eigenvalue weighted by molar-refractivity contribution is 6.06. The summed E-state index contributed by atoms with van der Waals surface area (Å²) >= 11 is 0. The molecule has 1 aromatic carbocycles. The highest BCUT2D eigenvalue weighted by atomic mass is 16.2. The van der Waals surface area contributed by atoms with E-state index in [4.69, 9.17) is 0 Å². The molecule has 0 bridgehead atoms. The number of urea groups is 1. The van der Waals surface area contributed by atoms with Crippen LogP contribution >= 0.6 is 0 Å². The van der Waals surface area contributed by atoms with Gasteiger partial charge in [0, 0.05) is 52.3 Å². The van der Waals surface area contributed by atoms with Gasteiger partial charge in [-0.2, -0.15) is 0 Å². The Bertz CT molecular complexity index is 1120. The average Bonchev–Trinajstić information content (AvgIpc) is 2.99. The Morgan fingerprint density at radius 1 is 1.21 bits per heavy atom. The van der Waals surface area contributed by atoms with E-state index in [2.05, 4.69) is 15.3 Å². The quantitative estimate of drug-likeness (QED) is 0.727. The number of aryl methyl sites for hydroxylation is 2. The van der Waals surface area contributed by atoms with Crippen molar-refractivity contribution in [2.75, 3.05) is 26.0 Å². The van der Waals surface area contributed by atoms with E-state index >= 15 is 0 Å². The molecular formula is C21H24N6O2. The number of anilines is 1. The molecular weight excluding hydrogens is 368 g/mol. The van der Waals surface area contributed by atoms with Crippen molar-refractivity contribution in [3.8, 4) is 0 Å². The Labute approximate surface area is 169 Å². The molecule has 8 heteroatoms. The second kappa shape index (κ2) is 7.20. The molecule has 3 heterocycles. The number of nitrogens with zero attached hydrogens (tertiary/aromatic N) is 5. The molecule has 0 saturated carbocycles. The van der Waals surface area contributed by atoms with Gasteiger partial charge in [-0.15, -0.1) is 0 Å². The van der Waals surface area contributed by atoms with E-state index in [0.717, 1.165) is 28.0 Å². The van der Waals surface area contributed by atoms with Crippen molar-refractivity contribution in [1.82, 2.24) is 24.3 Å². The largest absolute Gasteiger partial charge is 0.331 e. The lowest BCUT2D eigenvalue weighted by Crippen LogP contribution is -2.42. The van der Waals surface area contributed by atoms with E-state index in [1.165, 1.54) is 0 Å². The van der Waals surface area contributed by atoms with Crippen LogP contribution in [0.1, 0.15) is 27.3 Å². The lowest BCUT2D eigenvalue weighted by atomic mass is 9.97. The summed E-state index contributed by atoms with van der Waals surface area (Å²) in [6, 6.07) is 5.67. The Morgan fingerprint density at radius 3 is 2.76 bits per heavy atom. The highest BCUT2D eigenvalue weighted by Gasteiger charge is 2.25.